The summed E-state index contributed by atoms with van der Waals surface area (Å²) in [5.74, 6) is 2.82. The smallest absolute Gasteiger partial charge is 0.164 e. The summed E-state index contributed by atoms with van der Waals surface area (Å²) >= 11 is 1.78. The minimum Gasteiger partial charge on any atom is -0.309 e. The molecule has 0 aliphatic rings. The van der Waals surface area contributed by atoms with Gasteiger partial charge in [0.1, 0.15) is 5.82 Å². The van der Waals surface area contributed by atoms with Crippen molar-refractivity contribution in [2.24, 2.45) is 0 Å². The van der Waals surface area contributed by atoms with E-state index >= 15 is 0 Å². The van der Waals surface area contributed by atoms with Crippen LogP contribution in [0.4, 0.5) is 0 Å². The highest BCUT2D eigenvalue weighted by Crippen LogP contribution is 2.42. The van der Waals surface area contributed by atoms with Crippen LogP contribution in [-0.4, -0.2) is 29.1 Å². The molecule has 0 spiro atoms. The zero-order valence-corrected chi connectivity index (χ0v) is 32.4. The van der Waals surface area contributed by atoms with E-state index in [1.54, 1.807) is 11.3 Å². The monoisotopic (exact) mass is 772 g/mol. The van der Waals surface area contributed by atoms with Crippen molar-refractivity contribution in [2.75, 3.05) is 0 Å². The minimum absolute atomic E-state index is 0.630. The largest absolute Gasteiger partial charge is 0.309 e. The third-order valence-electron chi connectivity index (χ3n) is 11.2. The summed E-state index contributed by atoms with van der Waals surface area (Å²) in [7, 11) is 0. The maximum absolute atomic E-state index is 5.28. The average molecular weight is 773 g/mol. The molecule has 0 unspecified atom stereocenters. The molecule has 0 amide bonds. The van der Waals surface area contributed by atoms with Crippen molar-refractivity contribution in [3.63, 3.8) is 0 Å². The van der Waals surface area contributed by atoms with Crippen molar-refractivity contribution in [2.45, 2.75) is 0 Å². The second kappa shape index (κ2) is 13.4. The molecular weight excluding hydrogens is 741 g/mol. The molecule has 12 rings (SSSR count). The van der Waals surface area contributed by atoms with Gasteiger partial charge in [0.05, 0.1) is 22.1 Å². The van der Waals surface area contributed by atoms with E-state index in [1.807, 2.05) is 30.3 Å². The molecule has 0 saturated heterocycles. The SMILES string of the molecule is c1ccc(-c2nc(-c3ccc4c(c3)c3ccccc3n4-c3ccccc3)nc(-c3cccc4sc5cc(-c6nc7ccccc7n6-c6ccccc6)ccc5c34)n2)cc1. The molecule has 59 heavy (non-hydrogen) atoms. The molecule has 0 aliphatic carbocycles. The number of nitrogens with zero attached hydrogens (tertiary/aromatic N) is 6. The summed E-state index contributed by atoms with van der Waals surface area (Å²) in [5, 5.41) is 4.62. The molecule has 4 heterocycles. The summed E-state index contributed by atoms with van der Waals surface area (Å²) < 4.78 is 6.93. The molecule has 0 atom stereocenters. The van der Waals surface area contributed by atoms with Gasteiger partial charge in [-0.15, -0.1) is 11.3 Å². The molecule has 4 aromatic heterocycles. The third-order valence-corrected chi connectivity index (χ3v) is 12.3. The Labute approximate surface area is 343 Å². The molecule has 0 fully saturated rings. The number of aromatic nitrogens is 6. The van der Waals surface area contributed by atoms with Gasteiger partial charge in [0.15, 0.2) is 17.5 Å². The van der Waals surface area contributed by atoms with Gasteiger partial charge in [-0.25, -0.2) is 19.9 Å². The highest BCUT2D eigenvalue weighted by molar-refractivity contribution is 7.26. The Kier molecular flexibility index (Phi) is 7.61. The number of fused-ring (bicyclic) bond motifs is 7. The average Bonchev–Trinajstić information content (AvgIpc) is 3.99. The zero-order chi connectivity index (χ0) is 38.9. The van der Waals surface area contributed by atoms with Crippen molar-refractivity contribution in [3.05, 3.63) is 194 Å². The standard InChI is InChI=1S/C52H32N6S/c1-4-15-33(16-5-1)49-54-50(34-28-30-44-41(31-34)38-21-10-12-24-43(38)57(44)36-17-6-2-7-18-36)56-51(55-49)40-22-14-26-46-48(40)39-29-27-35(32-47(39)59-46)52-53-42-23-11-13-25-45(42)58(52)37-19-8-3-9-20-37/h1-32H. The predicted octanol–water partition coefficient (Wildman–Crippen LogP) is 13.3. The van der Waals surface area contributed by atoms with Gasteiger partial charge < -0.3 is 4.57 Å². The molecule has 7 heteroatoms. The Hall–Kier alpha value is -7.74. The Balaban J connectivity index is 1.04. The summed E-state index contributed by atoms with van der Waals surface area (Å²) in [5.41, 5.74) is 10.4. The number of hydrogen-bond donors (Lipinski definition) is 0. The molecule has 0 saturated carbocycles. The number of rotatable bonds is 6. The Morgan fingerprint density at radius 2 is 0.983 bits per heavy atom. The lowest BCUT2D eigenvalue weighted by atomic mass is 10.0. The first-order valence-electron chi connectivity index (χ1n) is 19.6. The lowest BCUT2D eigenvalue weighted by molar-refractivity contribution is 1.08. The van der Waals surface area contributed by atoms with Gasteiger partial charge in [0.25, 0.3) is 0 Å². The maximum atomic E-state index is 5.28. The lowest BCUT2D eigenvalue weighted by Crippen LogP contribution is -2.00. The first-order chi connectivity index (χ1) is 29.2. The van der Waals surface area contributed by atoms with E-state index in [0.29, 0.717) is 17.5 Å². The Bertz CT molecular complexity index is 3550. The Morgan fingerprint density at radius 1 is 0.356 bits per heavy atom. The van der Waals surface area contributed by atoms with Crippen LogP contribution in [0.1, 0.15) is 0 Å². The van der Waals surface area contributed by atoms with E-state index in [-0.39, 0.29) is 0 Å². The zero-order valence-electron chi connectivity index (χ0n) is 31.6. The summed E-state index contributed by atoms with van der Waals surface area (Å²) in [6.45, 7) is 0. The van der Waals surface area contributed by atoms with Gasteiger partial charge >= 0.3 is 0 Å². The molecule has 0 radical (unpaired) electrons. The molecule has 0 bridgehead atoms. The van der Waals surface area contributed by atoms with Gasteiger partial charge in [-0.2, -0.15) is 0 Å². The lowest BCUT2D eigenvalue weighted by Gasteiger charge is -2.11. The normalized spacial score (nSPS) is 11.7. The number of thiophene rings is 1. The van der Waals surface area contributed by atoms with E-state index < -0.39 is 0 Å². The van der Waals surface area contributed by atoms with Crippen LogP contribution in [0.3, 0.4) is 0 Å². The molecule has 0 N–H and O–H groups in total. The van der Waals surface area contributed by atoms with Gasteiger partial charge in [-0.3, -0.25) is 4.57 Å². The van der Waals surface area contributed by atoms with Crippen LogP contribution in [0, 0.1) is 0 Å². The predicted molar refractivity (Wildman–Crippen MR) is 243 cm³/mol. The van der Waals surface area contributed by atoms with Crippen molar-refractivity contribution in [1.29, 1.82) is 0 Å². The minimum atomic E-state index is 0.630. The first-order valence-corrected chi connectivity index (χ1v) is 20.5. The number of hydrogen-bond acceptors (Lipinski definition) is 5. The van der Waals surface area contributed by atoms with E-state index in [9.17, 15) is 0 Å². The van der Waals surface area contributed by atoms with Crippen molar-refractivity contribution < 1.29 is 0 Å². The van der Waals surface area contributed by atoms with E-state index in [1.165, 1.54) is 14.8 Å². The quantitative estimate of drug-likeness (QED) is 0.169. The fourth-order valence-electron chi connectivity index (χ4n) is 8.52. The third kappa shape index (κ3) is 5.47. The number of benzene rings is 8. The number of para-hydroxylation sites is 5. The van der Waals surface area contributed by atoms with E-state index in [2.05, 4.69) is 173 Å². The van der Waals surface area contributed by atoms with E-state index in [4.69, 9.17) is 19.9 Å². The van der Waals surface area contributed by atoms with Gasteiger partial charge in [0.2, 0.25) is 0 Å². The molecule has 0 aliphatic heterocycles. The van der Waals surface area contributed by atoms with Gasteiger partial charge in [-0.1, -0.05) is 121 Å². The van der Waals surface area contributed by atoms with Crippen LogP contribution in [0.5, 0.6) is 0 Å². The maximum Gasteiger partial charge on any atom is 0.164 e. The second-order valence-electron chi connectivity index (χ2n) is 14.7. The topological polar surface area (TPSA) is 61.4 Å². The van der Waals surface area contributed by atoms with Crippen LogP contribution in [0.15, 0.2) is 194 Å². The van der Waals surface area contributed by atoms with Gasteiger partial charge in [0, 0.05) is 64.6 Å². The van der Waals surface area contributed by atoms with E-state index in [0.717, 1.165) is 77.7 Å². The molecular formula is C52H32N6S. The highest BCUT2D eigenvalue weighted by atomic mass is 32.1. The second-order valence-corrected chi connectivity index (χ2v) is 15.8. The molecule has 12 aromatic rings. The van der Waals surface area contributed by atoms with Crippen LogP contribution < -0.4 is 0 Å². The summed E-state index contributed by atoms with van der Waals surface area (Å²) in [4.78, 5) is 20.8. The fraction of sp³-hybridized carbons (Fsp3) is 0. The van der Waals surface area contributed by atoms with Crippen molar-refractivity contribution >= 4 is 64.3 Å². The molecule has 276 valence electrons. The van der Waals surface area contributed by atoms with Gasteiger partial charge in [-0.05, 0) is 72.8 Å². The van der Waals surface area contributed by atoms with Crippen molar-refractivity contribution in [1.82, 2.24) is 29.1 Å². The van der Waals surface area contributed by atoms with Crippen LogP contribution >= 0.6 is 11.3 Å². The van der Waals surface area contributed by atoms with Crippen LogP contribution in [-0.2, 0) is 0 Å². The molecule has 8 aromatic carbocycles. The molecule has 6 nitrogen and oxygen atoms in total. The first kappa shape index (κ1) is 33.4. The summed E-state index contributed by atoms with van der Waals surface area (Å²) in [6, 6.07) is 67.8. The van der Waals surface area contributed by atoms with Crippen LogP contribution in [0.2, 0.25) is 0 Å². The fourth-order valence-corrected chi connectivity index (χ4v) is 9.69. The van der Waals surface area contributed by atoms with Crippen LogP contribution in [0.25, 0.3) is 110 Å². The highest BCUT2D eigenvalue weighted by Gasteiger charge is 2.20. The summed E-state index contributed by atoms with van der Waals surface area (Å²) in [6.07, 6.45) is 0. The van der Waals surface area contributed by atoms with Crippen molar-refractivity contribution in [3.8, 4) is 56.9 Å². The Morgan fingerprint density at radius 3 is 1.78 bits per heavy atom. The number of imidazole rings is 1.